The third kappa shape index (κ3) is 8.49. The number of cyclic esters (lactones) is 1. The Morgan fingerprint density at radius 2 is 1.60 bits per heavy atom. The van der Waals surface area contributed by atoms with Crippen LogP contribution in [0.2, 0.25) is 0 Å². The van der Waals surface area contributed by atoms with Crippen LogP contribution in [0, 0.1) is 18.3 Å². The van der Waals surface area contributed by atoms with Gasteiger partial charge in [-0.05, 0) is 59.9 Å². The number of allylic oxidation sites excluding steroid dienone is 1. The summed E-state index contributed by atoms with van der Waals surface area (Å²) in [6.45, 7) is 13.2. The van der Waals surface area contributed by atoms with Gasteiger partial charge in [0.15, 0.2) is 6.10 Å². The molecular formula is C38H46N2O5. The Balaban J connectivity index is 1.55. The Labute approximate surface area is 267 Å². The molecule has 1 saturated heterocycles. The molecule has 3 aromatic rings. The summed E-state index contributed by atoms with van der Waals surface area (Å²) in [6, 6.07) is 25.0. The van der Waals surface area contributed by atoms with E-state index in [2.05, 4.69) is 41.8 Å². The monoisotopic (exact) mass is 610 g/mol. The van der Waals surface area contributed by atoms with Gasteiger partial charge < -0.3 is 20.1 Å². The lowest BCUT2D eigenvalue weighted by Gasteiger charge is -2.35. The van der Waals surface area contributed by atoms with Crippen LogP contribution >= 0.6 is 0 Å². The maximum Gasteiger partial charge on any atom is 0.338 e. The lowest BCUT2D eigenvalue weighted by Crippen LogP contribution is -2.57. The van der Waals surface area contributed by atoms with Crippen molar-refractivity contribution in [3.05, 3.63) is 102 Å². The van der Waals surface area contributed by atoms with Crippen LogP contribution in [0.1, 0.15) is 77.1 Å². The lowest BCUT2D eigenvalue weighted by atomic mass is 9.80. The number of carbonyl (C=O) groups is 3. The van der Waals surface area contributed by atoms with E-state index in [1.807, 2.05) is 94.4 Å². The topological polar surface area (TPSA) is 93.7 Å². The number of hydrogen-bond acceptors (Lipinski definition) is 5. The first-order valence-corrected chi connectivity index (χ1v) is 15.7. The van der Waals surface area contributed by atoms with E-state index in [1.165, 1.54) is 0 Å². The van der Waals surface area contributed by atoms with Crippen molar-refractivity contribution in [2.24, 2.45) is 11.3 Å². The van der Waals surface area contributed by atoms with E-state index in [0.29, 0.717) is 6.42 Å². The highest BCUT2D eigenvalue weighted by molar-refractivity contribution is 5.92. The van der Waals surface area contributed by atoms with Crippen molar-refractivity contribution in [3.63, 3.8) is 0 Å². The summed E-state index contributed by atoms with van der Waals surface area (Å²) in [5, 5.41) is 6.07. The zero-order valence-electron chi connectivity index (χ0n) is 27.4. The first kappa shape index (κ1) is 33.7. The molecule has 2 amide bonds. The minimum Gasteiger partial charge on any atom is -0.432 e. The second-order valence-corrected chi connectivity index (χ2v) is 13.0. The van der Waals surface area contributed by atoms with Crippen LogP contribution in [0.3, 0.4) is 0 Å². The molecule has 3 aromatic carbocycles. The summed E-state index contributed by atoms with van der Waals surface area (Å²) >= 11 is 0. The number of hydrogen-bond donors (Lipinski definition) is 2. The Kier molecular flexibility index (Phi) is 10.7. The lowest BCUT2D eigenvalue weighted by molar-refractivity contribution is -0.162. The molecule has 0 spiro atoms. The van der Waals surface area contributed by atoms with Crippen molar-refractivity contribution in [3.8, 4) is 11.1 Å². The third-order valence-electron chi connectivity index (χ3n) is 8.63. The van der Waals surface area contributed by atoms with Crippen LogP contribution in [0.4, 0.5) is 0 Å². The van der Waals surface area contributed by atoms with Crippen LogP contribution in [-0.4, -0.2) is 35.7 Å². The zero-order chi connectivity index (χ0) is 32.8. The molecule has 1 aliphatic heterocycles. The molecule has 2 N–H and O–H groups in total. The van der Waals surface area contributed by atoms with Crippen LogP contribution in [-0.2, 0) is 23.9 Å². The predicted molar refractivity (Wildman–Crippen MR) is 178 cm³/mol. The molecule has 1 fully saturated rings. The molecule has 0 aliphatic carbocycles. The van der Waals surface area contributed by atoms with Crippen molar-refractivity contribution >= 4 is 23.9 Å². The highest BCUT2D eigenvalue weighted by atomic mass is 16.8. The SMILES string of the molecule is CCC(C)(C)[C@H](NC(=O)[C@H](C/C=C/c1ccc(-c2ccccc2)c(C)c1)[C@@H]1OC(C)(C)OC1=O)C(=O)N[C@H](C)c1ccccc1. The maximum atomic E-state index is 14.0. The van der Waals surface area contributed by atoms with E-state index in [-0.39, 0.29) is 18.4 Å². The van der Waals surface area contributed by atoms with Gasteiger partial charge in [0.2, 0.25) is 17.6 Å². The zero-order valence-corrected chi connectivity index (χ0v) is 27.4. The molecule has 0 bridgehead atoms. The first-order valence-electron chi connectivity index (χ1n) is 15.7. The second-order valence-electron chi connectivity index (χ2n) is 13.0. The molecule has 0 unspecified atom stereocenters. The number of benzene rings is 3. The number of carbonyl (C=O) groups excluding carboxylic acids is 3. The number of esters is 1. The number of nitrogens with one attached hydrogen (secondary N) is 2. The van der Waals surface area contributed by atoms with Gasteiger partial charge in [-0.15, -0.1) is 0 Å². The number of rotatable bonds is 12. The highest BCUT2D eigenvalue weighted by Gasteiger charge is 2.48. The van der Waals surface area contributed by atoms with Gasteiger partial charge in [0.25, 0.3) is 0 Å². The summed E-state index contributed by atoms with van der Waals surface area (Å²) in [5.74, 6) is -3.38. The quantitative estimate of drug-likeness (QED) is 0.212. The fourth-order valence-corrected chi connectivity index (χ4v) is 5.57. The van der Waals surface area contributed by atoms with Crippen molar-refractivity contribution in [2.45, 2.75) is 85.3 Å². The third-order valence-corrected chi connectivity index (χ3v) is 8.63. The van der Waals surface area contributed by atoms with Crippen molar-refractivity contribution in [2.75, 3.05) is 0 Å². The number of amides is 2. The molecular weight excluding hydrogens is 564 g/mol. The largest absolute Gasteiger partial charge is 0.432 e. The molecule has 1 aliphatic rings. The van der Waals surface area contributed by atoms with Gasteiger partial charge in [-0.1, -0.05) is 112 Å². The fourth-order valence-electron chi connectivity index (χ4n) is 5.57. The fraction of sp³-hybridized carbons (Fsp3) is 0.395. The summed E-state index contributed by atoms with van der Waals surface area (Å²) in [6.07, 6.45) is 3.56. The number of ether oxygens (including phenoxy) is 2. The van der Waals surface area contributed by atoms with Crippen LogP contribution in [0.5, 0.6) is 0 Å². The molecule has 1 heterocycles. The average Bonchev–Trinajstić information content (AvgIpc) is 3.29. The maximum absolute atomic E-state index is 14.0. The summed E-state index contributed by atoms with van der Waals surface area (Å²) in [5.41, 5.74) is 4.80. The minimum absolute atomic E-state index is 0.211. The standard InChI is InChI=1S/C38H46N2O5/c1-8-37(4,5)33(35(42)39-26(3)28-17-11-9-12-18-28)40-34(41)31(32-36(43)45-38(6,7)44-32)21-15-16-27-22-23-30(25(2)24-27)29-19-13-10-14-20-29/h9-20,22-24,26,31-33H,8,21H2,1-7H3,(H,39,42)(H,40,41)/b16-15+/t26-,31-,32+,33-/m1/s1. The molecule has 0 aromatic heterocycles. The highest BCUT2D eigenvalue weighted by Crippen LogP contribution is 2.32. The van der Waals surface area contributed by atoms with Crippen LogP contribution < -0.4 is 10.6 Å². The van der Waals surface area contributed by atoms with Gasteiger partial charge in [0.1, 0.15) is 6.04 Å². The molecule has 45 heavy (non-hydrogen) atoms. The van der Waals surface area contributed by atoms with Crippen molar-refractivity contribution < 1.29 is 23.9 Å². The van der Waals surface area contributed by atoms with E-state index in [9.17, 15) is 14.4 Å². The van der Waals surface area contributed by atoms with E-state index in [4.69, 9.17) is 9.47 Å². The van der Waals surface area contributed by atoms with E-state index >= 15 is 0 Å². The molecule has 7 nitrogen and oxygen atoms in total. The normalized spacial score (nSPS) is 18.2. The van der Waals surface area contributed by atoms with Gasteiger partial charge in [-0.25, -0.2) is 4.79 Å². The van der Waals surface area contributed by atoms with E-state index in [1.54, 1.807) is 13.8 Å². The van der Waals surface area contributed by atoms with Crippen molar-refractivity contribution in [1.29, 1.82) is 0 Å². The first-order chi connectivity index (χ1) is 21.3. The molecule has 7 heteroatoms. The Hall–Kier alpha value is -4.23. The van der Waals surface area contributed by atoms with Crippen LogP contribution in [0.25, 0.3) is 17.2 Å². The molecule has 4 atom stereocenters. The van der Waals surface area contributed by atoms with E-state index < -0.39 is 41.1 Å². The van der Waals surface area contributed by atoms with Gasteiger partial charge in [0.05, 0.1) is 12.0 Å². The predicted octanol–water partition coefficient (Wildman–Crippen LogP) is 7.16. The van der Waals surface area contributed by atoms with Gasteiger partial charge in [0, 0.05) is 13.8 Å². The second kappa shape index (κ2) is 14.2. The average molecular weight is 611 g/mol. The van der Waals surface area contributed by atoms with Crippen LogP contribution in [0.15, 0.2) is 84.9 Å². The van der Waals surface area contributed by atoms with Gasteiger partial charge in [-0.3, -0.25) is 9.59 Å². The summed E-state index contributed by atoms with van der Waals surface area (Å²) in [7, 11) is 0. The smallest absolute Gasteiger partial charge is 0.338 e. The van der Waals surface area contributed by atoms with Crippen molar-refractivity contribution in [1.82, 2.24) is 10.6 Å². The minimum atomic E-state index is -1.15. The molecule has 4 rings (SSSR count). The Morgan fingerprint density at radius 3 is 2.18 bits per heavy atom. The molecule has 238 valence electrons. The Bertz CT molecular complexity index is 1510. The molecule has 0 saturated carbocycles. The summed E-state index contributed by atoms with van der Waals surface area (Å²) in [4.78, 5) is 40.6. The van der Waals surface area contributed by atoms with Gasteiger partial charge >= 0.3 is 5.97 Å². The Morgan fingerprint density at radius 1 is 0.956 bits per heavy atom. The van der Waals surface area contributed by atoms with E-state index in [0.717, 1.165) is 27.8 Å². The number of aryl methyl sites for hydroxylation is 1. The van der Waals surface area contributed by atoms with Gasteiger partial charge in [-0.2, -0.15) is 0 Å². The summed E-state index contributed by atoms with van der Waals surface area (Å²) < 4.78 is 11.4. The molecule has 0 radical (unpaired) electrons.